The number of amides is 2. The fraction of sp³-hybridized carbons (Fsp3) is 0.346. The van der Waals surface area contributed by atoms with Crippen LogP contribution in [0.25, 0.3) is 0 Å². The predicted octanol–water partition coefficient (Wildman–Crippen LogP) is 3.81. The van der Waals surface area contributed by atoms with Gasteiger partial charge in [-0.05, 0) is 47.1 Å². The van der Waals surface area contributed by atoms with E-state index in [4.69, 9.17) is 0 Å². The number of hydrogen-bond donors (Lipinski definition) is 2. The Hall–Kier alpha value is -3.55. The lowest BCUT2D eigenvalue weighted by atomic mass is 9.96. The number of likely N-dealkylation sites (tertiary alicyclic amines) is 1. The van der Waals surface area contributed by atoms with Crippen LogP contribution >= 0.6 is 0 Å². The molecule has 6 nitrogen and oxygen atoms in total. The fourth-order valence-electron chi connectivity index (χ4n) is 4.65. The van der Waals surface area contributed by atoms with Gasteiger partial charge in [-0.3, -0.25) is 14.7 Å². The van der Waals surface area contributed by atoms with E-state index in [9.17, 15) is 18.4 Å². The second kappa shape index (κ2) is 9.37. The molecule has 2 N–H and O–H groups in total. The summed E-state index contributed by atoms with van der Waals surface area (Å²) in [6.07, 6.45) is 3.79. The lowest BCUT2D eigenvalue weighted by Gasteiger charge is -2.27. The minimum absolute atomic E-state index is 0.0307. The third-order valence-electron chi connectivity index (χ3n) is 6.58. The molecule has 2 heterocycles. The molecule has 1 aliphatic heterocycles. The molecule has 0 spiro atoms. The van der Waals surface area contributed by atoms with Gasteiger partial charge in [-0.25, -0.2) is 8.78 Å². The quantitative estimate of drug-likeness (QED) is 0.558. The summed E-state index contributed by atoms with van der Waals surface area (Å²) in [5.41, 5.74) is 2.75. The number of carbonyl (C=O) groups is 2. The zero-order valence-corrected chi connectivity index (χ0v) is 18.6. The molecule has 2 aliphatic rings. The van der Waals surface area contributed by atoms with Gasteiger partial charge in [0.25, 0.3) is 0 Å². The van der Waals surface area contributed by atoms with Crippen molar-refractivity contribution in [3.63, 3.8) is 0 Å². The molecular weight excluding hydrogens is 438 g/mol. The Bertz CT molecular complexity index is 1160. The van der Waals surface area contributed by atoms with Crippen LogP contribution in [0.4, 0.5) is 8.78 Å². The number of nitrogens with one attached hydrogen (secondary N) is 2. The van der Waals surface area contributed by atoms with Crippen molar-refractivity contribution in [1.82, 2.24) is 20.4 Å². The Labute approximate surface area is 196 Å². The Kier molecular flexibility index (Phi) is 6.13. The van der Waals surface area contributed by atoms with Gasteiger partial charge in [0.15, 0.2) is 0 Å². The summed E-state index contributed by atoms with van der Waals surface area (Å²) < 4.78 is 29.2. The summed E-state index contributed by atoms with van der Waals surface area (Å²) in [5.74, 6) is -0.801. The third-order valence-corrected chi connectivity index (χ3v) is 6.58. The van der Waals surface area contributed by atoms with Crippen molar-refractivity contribution < 1.29 is 18.4 Å². The van der Waals surface area contributed by atoms with Gasteiger partial charge in [0.2, 0.25) is 11.8 Å². The minimum Gasteiger partial charge on any atom is -0.343 e. The molecule has 0 bridgehead atoms. The lowest BCUT2D eigenvalue weighted by Crippen LogP contribution is -2.47. The van der Waals surface area contributed by atoms with E-state index >= 15 is 0 Å². The second-order valence-electron chi connectivity index (χ2n) is 9.09. The summed E-state index contributed by atoms with van der Waals surface area (Å²) >= 11 is 0. The van der Waals surface area contributed by atoms with E-state index in [2.05, 4.69) is 15.5 Å². The highest BCUT2D eigenvalue weighted by Crippen LogP contribution is 2.42. The Balaban J connectivity index is 1.38. The van der Waals surface area contributed by atoms with Gasteiger partial charge >= 0.3 is 0 Å². The molecule has 3 aromatic rings. The van der Waals surface area contributed by atoms with Crippen LogP contribution < -0.4 is 5.32 Å². The summed E-state index contributed by atoms with van der Waals surface area (Å²) in [5, 5.41) is 9.43. The van der Waals surface area contributed by atoms with E-state index in [0.29, 0.717) is 16.7 Å². The van der Waals surface area contributed by atoms with E-state index in [1.54, 1.807) is 12.3 Å². The van der Waals surface area contributed by atoms with Crippen LogP contribution in [0.2, 0.25) is 0 Å². The molecule has 176 valence electrons. The highest BCUT2D eigenvalue weighted by atomic mass is 19.1. The van der Waals surface area contributed by atoms with E-state index in [0.717, 1.165) is 18.4 Å². The number of carbonyl (C=O) groups excluding carboxylic acids is 2. The first kappa shape index (κ1) is 22.3. The topological polar surface area (TPSA) is 78.1 Å². The highest BCUT2D eigenvalue weighted by Gasteiger charge is 2.40. The normalized spacial score (nSPS) is 20.8. The SMILES string of the molecule is O=C(N[C@@H](c1ccccc1)c1ccc(C2CC2)c(F)c1)[C@@H]1C[C@@H](F)CN1C(=O)Cc1cn[nH]c1. The molecule has 1 saturated carbocycles. The maximum atomic E-state index is 14.8. The maximum Gasteiger partial charge on any atom is 0.243 e. The highest BCUT2D eigenvalue weighted by molar-refractivity contribution is 5.89. The number of halogens is 2. The molecule has 2 aromatic carbocycles. The van der Waals surface area contributed by atoms with Crippen molar-refractivity contribution in [2.24, 2.45) is 0 Å². The smallest absolute Gasteiger partial charge is 0.243 e. The molecule has 8 heteroatoms. The van der Waals surface area contributed by atoms with Gasteiger partial charge in [0.05, 0.1) is 25.2 Å². The van der Waals surface area contributed by atoms with Crippen molar-refractivity contribution in [3.8, 4) is 0 Å². The number of rotatable bonds is 7. The van der Waals surface area contributed by atoms with Crippen LogP contribution in [0.15, 0.2) is 60.9 Å². The third kappa shape index (κ3) is 4.71. The van der Waals surface area contributed by atoms with Crippen molar-refractivity contribution in [2.75, 3.05) is 6.54 Å². The summed E-state index contributed by atoms with van der Waals surface area (Å²) in [6, 6.07) is 12.8. The molecule has 1 saturated heterocycles. The monoisotopic (exact) mass is 464 g/mol. The van der Waals surface area contributed by atoms with Crippen molar-refractivity contribution in [3.05, 3.63) is 89.0 Å². The van der Waals surface area contributed by atoms with Gasteiger partial charge < -0.3 is 10.2 Å². The van der Waals surface area contributed by atoms with Crippen molar-refractivity contribution in [1.29, 1.82) is 0 Å². The van der Waals surface area contributed by atoms with E-state index in [1.807, 2.05) is 36.4 Å². The van der Waals surface area contributed by atoms with Crippen LogP contribution in [0.5, 0.6) is 0 Å². The van der Waals surface area contributed by atoms with E-state index in [1.165, 1.54) is 17.2 Å². The number of aromatic amines is 1. The number of alkyl halides is 1. The zero-order valence-electron chi connectivity index (χ0n) is 18.6. The molecule has 2 fully saturated rings. The van der Waals surface area contributed by atoms with Gasteiger partial charge in [-0.2, -0.15) is 5.10 Å². The molecule has 2 amide bonds. The second-order valence-corrected chi connectivity index (χ2v) is 9.09. The molecule has 3 atom stereocenters. The minimum atomic E-state index is -1.28. The van der Waals surface area contributed by atoms with Crippen molar-refractivity contribution >= 4 is 11.8 Å². The predicted molar refractivity (Wildman–Crippen MR) is 122 cm³/mol. The van der Waals surface area contributed by atoms with Crippen LogP contribution in [0, 0.1) is 5.82 Å². The number of nitrogens with zero attached hydrogens (tertiary/aromatic N) is 2. The van der Waals surface area contributed by atoms with Crippen LogP contribution in [0.1, 0.15) is 53.5 Å². The van der Waals surface area contributed by atoms with Crippen LogP contribution in [0.3, 0.4) is 0 Å². The Morgan fingerprint density at radius 1 is 1.15 bits per heavy atom. The molecule has 0 unspecified atom stereocenters. The zero-order chi connectivity index (χ0) is 23.7. The first-order valence-electron chi connectivity index (χ1n) is 11.6. The number of H-pyrrole nitrogens is 1. The number of aromatic nitrogens is 2. The van der Waals surface area contributed by atoms with E-state index < -0.39 is 24.2 Å². The number of benzene rings is 2. The van der Waals surface area contributed by atoms with Crippen molar-refractivity contribution in [2.45, 2.75) is 49.9 Å². The fourth-order valence-corrected chi connectivity index (χ4v) is 4.65. The van der Waals surface area contributed by atoms with Gasteiger partial charge in [0, 0.05) is 12.6 Å². The Morgan fingerprint density at radius 3 is 2.62 bits per heavy atom. The van der Waals surface area contributed by atoms with E-state index in [-0.39, 0.29) is 37.0 Å². The van der Waals surface area contributed by atoms with Gasteiger partial charge in [0.1, 0.15) is 18.0 Å². The Morgan fingerprint density at radius 2 is 1.94 bits per heavy atom. The molecule has 5 rings (SSSR count). The summed E-state index contributed by atoms with van der Waals surface area (Å²) in [4.78, 5) is 27.5. The molecule has 34 heavy (non-hydrogen) atoms. The van der Waals surface area contributed by atoms with Gasteiger partial charge in [-0.15, -0.1) is 0 Å². The molecular formula is C26H26F2N4O2. The lowest BCUT2D eigenvalue weighted by molar-refractivity contribution is -0.138. The molecule has 1 aliphatic carbocycles. The standard InChI is InChI=1S/C26H26F2N4O2/c27-20-12-23(32(15-20)24(33)10-16-13-29-30-14-16)26(34)31-25(18-4-2-1-3-5-18)19-8-9-21(17-6-7-17)22(28)11-19/h1-5,8-9,11,13-14,17,20,23,25H,6-7,10,12,15H2,(H,29,30)(H,31,34)/t20-,23+,25+/m1/s1. The maximum absolute atomic E-state index is 14.8. The van der Waals surface area contributed by atoms with Crippen LogP contribution in [-0.2, 0) is 16.0 Å². The summed E-state index contributed by atoms with van der Waals surface area (Å²) in [7, 11) is 0. The van der Waals surface area contributed by atoms with Gasteiger partial charge in [-0.1, -0.05) is 42.5 Å². The summed E-state index contributed by atoms with van der Waals surface area (Å²) in [6.45, 7) is -0.129. The molecule has 1 aromatic heterocycles. The first-order valence-corrected chi connectivity index (χ1v) is 11.6. The average Bonchev–Trinajstić information content (AvgIpc) is 3.40. The number of hydrogen-bond acceptors (Lipinski definition) is 3. The first-order chi connectivity index (χ1) is 16.5. The average molecular weight is 465 g/mol. The largest absolute Gasteiger partial charge is 0.343 e. The van der Waals surface area contributed by atoms with Crippen LogP contribution in [-0.4, -0.2) is 45.7 Å². The molecule has 0 radical (unpaired) electrons.